The Labute approximate surface area is 72.8 Å². The van der Waals surface area contributed by atoms with Crippen LogP contribution in [0, 0.1) is 0 Å². The van der Waals surface area contributed by atoms with Crippen molar-refractivity contribution in [3.63, 3.8) is 0 Å². The Morgan fingerprint density at radius 1 is 1.40 bits per heavy atom. The number of carbonyl (C=O) groups excluding carboxylic acids is 2. The average Bonchev–Trinajstić information content (AvgIpc) is 1.63. The molecule has 5 nitrogen and oxygen atoms in total. The van der Waals surface area contributed by atoms with E-state index < -0.39 is 24.5 Å². The minimum atomic E-state index is -1.96. The third kappa shape index (κ3) is 5.80. The second-order valence-corrected chi connectivity index (χ2v) is 1.41. The molecule has 0 saturated heterocycles. The van der Waals surface area contributed by atoms with E-state index in [0.29, 0.717) is 0 Å². The van der Waals surface area contributed by atoms with Gasteiger partial charge in [-0.25, -0.2) is 0 Å². The van der Waals surface area contributed by atoms with Crippen LogP contribution in [0.15, 0.2) is 0 Å². The van der Waals surface area contributed by atoms with Crippen molar-refractivity contribution in [1.82, 2.24) is 0 Å². The predicted octanol–water partition coefficient (Wildman–Crippen LogP) is -4.14. The second-order valence-electron chi connectivity index (χ2n) is 1.41. The molecule has 0 aromatic heterocycles. The minimum absolute atomic E-state index is 0. The zero-order valence-electron chi connectivity index (χ0n) is 5.07. The van der Waals surface area contributed by atoms with E-state index in [1.165, 1.54) is 0 Å². The molecule has 6 heteroatoms. The van der Waals surface area contributed by atoms with Gasteiger partial charge in [-0.3, -0.25) is 0 Å². The van der Waals surface area contributed by atoms with Crippen LogP contribution in [0.25, 0.3) is 0 Å². The van der Waals surface area contributed by atoms with Crippen molar-refractivity contribution >= 4 is 35.0 Å². The van der Waals surface area contributed by atoms with Crippen LogP contribution in [0.3, 0.4) is 0 Å². The maximum atomic E-state index is 9.58. The predicted molar refractivity (Wildman–Crippen MR) is 26.4 cm³/mol. The number of aliphatic carboxylic acids is 2. The van der Waals surface area contributed by atoms with Crippen molar-refractivity contribution in [1.29, 1.82) is 0 Å². The van der Waals surface area contributed by atoms with Gasteiger partial charge >= 0.3 is 23.1 Å². The Morgan fingerprint density at radius 3 is 1.90 bits per heavy atom. The Kier molecular flexibility index (Phi) is 6.73. The van der Waals surface area contributed by atoms with E-state index in [4.69, 9.17) is 5.11 Å². The number of carbonyl (C=O) groups is 2. The normalized spacial score (nSPS) is 11.3. The number of aliphatic hydroxyl groups is 1. The summed E-state index contributed by atoms with van der Waals surface area (Å²) in [7, 11) is 0. The van der Waals surface area contributed by atoms with E-state index in [9.17, 15) is 19.8 Å². The third-order valence-electron chi connectivity index (χ3n) is 0.632. The second kappa shape index (κ2) is 5.45. The summed E-state index contributed by atoms with van der Waals surface area (Å²) in [5.41, 5.74) is 0. The third-order valence-corrected chi connectivity index (χ3v) is 0.632. The molecule has 1 unspecified atom stereocenters. The molecular weight excluding hydrogens is 152 g/mol. The van der Waals surface area contributed by atoms with Crippen LogP contribution in [0.5, 0.6) is 0 Å². The van der Waals surface area contributed by atoms with Crippen LogP contribution in [0.1, 0.15) is 6.42 Å². The van der Waals surface area contributed by atoms with Crippen LogP contribution in [-0.2, 0) is 9.59 Å². The SMILES string of the molecule is O=C([O-])CC(O)C(=O)[O-].[Mg+2]. The van der Waals surface area contributed by atoms with Crippen molar-refractivity contribution in [3.8, 4) is 0 Å². The van der Waals surface area contributed by atoms with Crippen molar-refractivity contribution in [2.45, 2.75) is 12.5 Å². The molecule has 1 atom stereocenters. The van der Waals surface area contributed by atoms with Crippen molar-refractivity contribution in [3.05, 3.63) is 0 Å². The fourth-order valence-electron chi connectivity index (χ4n) is 0.241. The maximum Gasteiger partial charge on any atom is 2.00 e. The number of hydrogen-bond donors (Lipinski definition) is 1. The van der Waals surface area contributed by atoms with Gasteiger partial charge in [-0.15, -0.1) is 0 Å². The Balaban J connectivity index is 0. The van der Waals surface area contributed by atoms with Crippen LogP contribution < -0.4 is 10.2 Å². The number of aliphatic hydroxyl groups excluding tert-OH is 1. The molecule has 0 rings (SSSR count). The summed E-state index contributed by atoms with van der Waals surface area (Å²) in [6.07, 6.45) is -2.89. The molecular formula is C4H4MgO5. The van der Waals surface area contributed by atoms with Crippen molar-refractivity contribution < 1.29 is 24.9 Å². The molecule has 0 aromatic carbocycles. The largest absolute Gasteiger partial charge is 2.00 e. The van der Waals surface area contributed by atoms with E-state index in [2.05, 4.69) is 0 Å². The molecule has 1 N–H and O–H groups in total. The van der Waals surface area contributed by atoms with E-state index in [1.54, 1.807) is 0 Å². The van der Waals surface area contributed by atoms with Crippen LogP contribution in [-0.4, -0.2) is 46.2 Å². The van der Waals surface area contributed by atoms with Gasteiger partial charge in [0.2, 0.25) is 0 Å². The molecule has 0 aliphatic rings. The van der Waals surface area contributed by atoms with Gasteiger partial charge in [0.15, 0.2) is 0 Å². The van der Waals surface area contributed by atoms with E-state index in [1.807, 2.05) is 0 Å². The summed E-state index contributed by atoms with van der Waals surface area (Å²) in [5.74, 6) is -3.43. The first-order valence-electron chi connectivity index (χ1n) is 2.13. The van der Waals surface area contributed by atoms with Gasteiger partial charge in [0.25, 0.3) is 0 Å². The standard InChI is InChI=1S/C4H6O5.Mg/c5-2(4(8)9)1-3(6)7;/h2,5H,1H2,(H,6,7)(H,8,9);/q;+2/p-2. The van der Waals surface area contributed by atoms with Crippen LogP contribution in [0.2, 0.25) is 0 Å². The smallest absolute Gasteiger partial charge is 0.550 e. The zero-order chi connectivity index (χ0) is 7.44. The Hall–Kier alpha value is -0.334. The number of hydrogen-bond acceptors (Lipinski definition) is 5. The van der Waals surface area contributed by atoms with Gasteiger partial charge in [0.05, 0.1) is 12.1 Å². The van der Waals surface area contributed by atoms with Crippen molar-refractivity contribution in [2.24, 2.45) is 0 Å². The number of carboxylic acids is 2. The molecule has 0 amide bonds. The van der Waals surface area contributed by atoms with Gasteiger partial charge in [0.1, 0.15) is 0 Å². The number of rotatable bonds is 3. The molecule has 0 spiro atoms. The van der Waals surface area contributed by atoms with Gasteiger partial charge < -0.3 is 24.9 Å². The van der Waals surface area contributed by atoms with Crippen LogP contribution in [0.4, 0.5) is 0 Å². The molecule has 10 heavy (non-hydrogen) atoms. The summed E-state index contributed by atoms with van der Waals surface area (Å²) in [4.78, 5) is 19.1. The summed E-state index contributed by atoms with van der Waals surface area (Å²) in [6, 6.07) is 0. The molecule has 0 bridgehead atoms. The fourth-order valence-corrected chi connectivity index (χ4v) is 0.241. The van der Waals surface area contributed by atoms with Gasteiger partial charge in [-0.05, 0) is 0 Å². The maximum absolute atomic E-state index is 9.58. The molecule has 0 radical (unpaired) electrons. The summed E-state index contributed by atoms with van der Waals surface area (Å²) < 4.78 is 0. The Bertz CT molecular complexity index is 134. The van der Waals surface area contributed by atoms with Gasteiger partial charge in [-0.2, -0.15) is 0 Å². The Morgan fingerprint density at radius 2 is 1.80 bits per heavy atom. The molecule has 52 valence electrons. The van der Waals surface area contributed by atoms with Crippen LogP contribution >= 0.6 is 0 Å². The molecule has 0 aliphatic heterocycles. The summed E-state index contributed by atoms with van der Waals surface area (Å²) in [6.45, 7) is 0. The molecule has 0 aromatic rings. The average molecular weight is 156 g/mol. The summed E-state index contributed by atoms with van der Waals surface area (Å²) >= 11 is 0. The van der Waals surface area contributed by atoms with Gasteiger partial charge in [-0.1, -0.05) is 0 Å². The molecule has 0 fully saturated rings. The topological polar surface area (TPSA) is 100 Å². The quantitative estimate of drug-likeness (QED) is 0.418. The number of carboxylic acid groups (broad SMARTS) is 2. The van der Waals surface area contributed by atoms with E-state index in [-0.39, 0.29) is 23.1 Å². The minimum Gasteiger partial charge on any atom is -0.550 e. The fraction of sp³-hybridized carbons (Fsp3) is 0.500. The van der Waals surface area contributed by atoms with Gasteiger partial charge in [0, 0.05) is 12.4 Å². The molecule has 0 aliphatic carbocycles. The van der Waals surface area contributed by atoms with E-state index in [0.717, 1.165) is 0 Å². The van der Waals surface area contributed by atoms with E-state index >= 15 is 0 Å². The zero-order valence-corrected chi connectivity index (χ0v) is 6.49. The first-order chi connectivity index (χ1) is 4.04. The first-order valence-corrected chi connectivity index (χ1v) is 2.13. The van der Waals surface area contributed by atoms with Crippen molar-refractivity contribution in [2.75, 3.05) is 0 Å². The monoisotopic (exact) mass is 156 g/mol. The molecule has 0 heterocycles. The summed E-state index contributed by atoms with van der Waals surface area (Å²) in [5, 5.41) is 27.3. The first kappa shape index (κ1) is 12.4. The molecule has 0 saturated carbocycles.